The lowest BCUT2D eigenvalue weighted by atomic mass is 10.2. The SMILES string of the molecule is O=S(=O)(Cc1cn(-c2ccc(-c3noc(C(F)(F)F)n3)cc2)cn1)c1ccccn1. The Morgan fingerprint density at radius 3 is 2.43 bits per heavy atom. The quantitative estimate of drug-likeness (QED) is 0.474. The Morgan fingerprint density at radius 1 is 1.03 bits per heavy atom. The summed E-state index contributed by atoms with van der Waals surface area (Å²) in [7, 11) is -3.64. The summed E-state index contributed by atoms with van der Waals surface area (Å²) in [5.74, 6) is -1.94. The van der Waals surface area contributed by atoms with Gasteiger partial charge in [-0.2, -0.15) is 18.2 Å². The maximum atomic E-state index is 12.6. The summed E-state index contributed by atoms with van der Waals surface area (Å²) in [6, 6.07) is 10.9. The average Bonchev–Trinajstić information content (AvgIpc) is 3.38. The van der Waals surface area contributed by atoms with Crippen LogP contribution in [0.4, 0.5) is 13.2 Å². The topological polar surface area (TPSA) is 104 Å². The molecule has 1 aromatic carbocycles. The molecule has 8 nitrogen and oxygen atoms in total. The normalized spacial score (nSPS) is 12.2. The Hall–Kier alpha value is -3.54. The summed E-state index contributed by atoms with van der Waals surface area (Å²) in [4.78, 5) is 11.3. The van der Waals surface area contributed by atoms with Gasteiger partial charge in [0.05, 0.1) is 12.0 Å². The van der Waals surface area contributed by atoms with E-state index >= 15 is 0 Å². The maximum Gasteiger partial charge on any atom is 0.471 e. The number of benzene rings is 1. The van der Waals surface area contributed by atoms with Crippen molar-refractivity contribution in [1.29, 1.82) is 0 Å². The number of imidazole rings is 1. The van der Waals surface area contributed by atoms with Crippen LogP contribution in [-0.4, -0.2) is 33.1 Å². The van der Waals surface area contributed by atoms with Gasteiger partial charge >= 0.3 is 12.1 Å². The molecule has 0 saturated heterocycles. The summed E-state index contributed by atoms with van der Waals surface area (Å²) >= 11 is 0. The van der Waals surface area contributed by atoms with Crippen LogP contribution in [0.3, 0.4) is 0 Å². The number of pyridine rings is 1. The van der Waals surface area contributed by atoms with Gasteiger partial charge in [0.25, 0.3) is 0 Å². The van der Waals surface area contributed by atoms with Gasteiger partial charge in [-0.25, -0.2) is 18.4 Å². The number of rotatable bonds is 5. The second-order valence-electron chi connectivity index (χ2n) is 6.17. The van der Waals surface area contributed by atoms with E-state index in [1.165, 1.54) is 30.7 Å². The molecule has 0 saturated carbocycles. The zero-order valence-electron chi connectivity index (χ0n) is 15.0. The van der Waals surface area contributed by atoms with E-state index in [9.17, 15) is 21.6 Å². The van der Waals surface area contributed by atoms with Gasteiger partial charge < -0.3 is 9.09 Å². The van der Waals surface area contributed by atoms with Gasteiger partial charge in [0.1, 0.15) is 5.75 Å². The van der Waals surface area contributed by atoms with Crippen molar-refractivity contribution in [3.8, 4) is 17.1 Å². The van der Waals surface area contributed by atoms with Crippen LogP contribution in [0.1, 0.15) is 11.6 Å². The molecule has 3 heterocycles. The molecule has 0 aliphatic heterocycles. The molecule has 0 aliphatic carbocycles. The number of alkyl halides is 3. The Kier molecular flexibility index (Phi) is 4.86. The molecule has 0 radical (unpaired) electrons. The van der Waals surface area contributed by atoms with Crippen molar-refractivity contribution in [3.63, 3.8) is 0 Å². The van der Waals surface area contributed by atoms with E-state index in [4.69, 9.17) is 0 Å². The lowest BCUT2D eigenvalue weighted by Crippen LogP contribution is -2.07. The molecule has 154 valence electrons. The van der Waals surface area contributed by atoms with E-state index < -0.39 is 21.9 Å². The minimum absolute atomic E-state index is 0.0396. The number of halogens is 3. The molecular formula is C18H12F3N5O3S. The van der Waals surface area contributed by atoms with Crippen LogP contribution in [0.25, 0.3) is 17.1 Å². The third-order valence-corrected chi connectivity index (χ3v) is 5.58. The molecule has 0 bridgehead atoms. The monoisotopic (exact) mass is 435 g/mol. The van der Waals surface area contributed by atoms with Crippen molar-refractivity contribution in [2.24, 2.45) is 0 Å². The van der Waals surface area contributed by atoms with Gasteiger partial charge in [-0.1, -0.05) is 11.2 Å². The van der Waals surface area contributed by atoms with Gasteiger partial charge in [0.15, 0.2) is 5.03 Å². The highest BCUT2D eigenvalue weighted by atomic mass is 32.2. The van der Waals surface area contributed by atoms with E-state index in [1.54, 1.807) is 35.0 Å². The van der Waals surface area contributed by atoms with Crippen LogP contribution in [0.2, 0.25) is 0 Å². The number of hydrogen-bond donors (Lipinski definition) is 0. The number of aromatic nitrogens is 5. The van der Waals surface area contributed by atoms with Crippen LogP contribution in [0.15, 0.2) is 70.7 Å². The molecule has 0 aliphatic rings. The summed E-state index contributed by atoms with van der Waals surface area (Å²) in [6.07, 6.45) is -0.331. The van der Waals surface area contributed by atoms with Crippen LogP contribution >= 0.6 is 0 Å². The molecule has 0 fully saturated rings. The van der Waals surface area contributed by atoms with Gasteiger partial charge in [-0.05, 0) is 36.4 Å². The molecule has 4 aromatic rings. The van der Waals surface area contributed by atoms with Crippen LogP contribution in [0.5, 0.6) is 0 Å². The third kappa shape index (κ3) is 4.08. The molecule has 3 aromatic heterocycles. The lowest BCUT2D eigenvalue weighted by molar-refractivity contribution is -0.159. The van der Waals surface area contributed by atoms with Crippen LogP contribution in [0, 0.1) is 0 Å². The van der Waals surface area contributed by atoms with E-state index in [-0.39, 0.29) is 16.6 Å². The van der Waals surface area contributed by atoms with E-state index in [0.717, 1.165) is 0 Å². The maximum absolute atomic E-state index is 12.6. The second-order valence-corrected chi connectivity index (χ2v) is 8.10. The fraction of sp³-hybridized carbons (Fsp3) is 0.111. The van der Waals surface area contributed by atoms with E-state index in [0.29, 0.717) is 16.9 Å². The van der Waals surface area contributed by atoms with Gasteiger partial charge in [0.2, 0.25) is 15.7 Å². The highest BCUT2D eigenvalue weighted by molar-refractivity contribution is 7.90. The minimum Gasteiger partial charge on any atom is -0.329 e. The fourth-order valence-electron chi connectivity index (χ4n) is 2.62. The summed E-state index contributed by atoms with van der Waals surface area (Å²) in [6.45, 7) is 0. The first-order chi connectivity index (χ1) is 14.2. The highest BCUT2D eigenvalue weighted by Crippen LogP contribution is 2.29. The molecule has 12 heteroatoms. The Balaban J connectivity index is 1.52. The Morgan fingerprint density at radius 2 is 1.80 bits per heavy atom. The highest BCUT2D eigenvalue weighted by Gasteiger charge is 2.38. The predicted molar refractivity (Wildman–Crippen MR) is 97.0 cm³/mol. The Labute approximate surface area is 167 Å². The zero-order valence-corrected chi connectivity index (χ0v) is 15.8. The number of nitrogens with zero attached hydrogens (tertiary/aromatic N) is 5. The number of sulfone groups is 1. The van der Waals surface area contributed by atoms with E-state index in [1.807, 2.05) is 0 Å². The third-order valence-electron chi connectivity index (χ3n) is 4.02. The van der Waals surface area contributed by atoms with Crippen molar-refractivity contribution in [2.45, 2.75) is 17.0 Å². The Bertz CT molecular complexity index is 1270. The molecule has 0 unspecified atom stereocenters. The predicted octanol–water partition coefficient (Wildman–Crippen LogP) is 3.31. The molecule has 4 rings (SSSR count). The molecule has 0 atom stereocenters. The molecule has 0 spiro atoms. The molecule has 30 heavy (non-hydrogen) atoms. The summed E-state index contributed by atoms with van der Waals surface area (Å²) in [5.41, 5.74) is 1.26. The van der Waals surface area contributed by atoms with Crippen LogP contribution in [-0.2, 0) is 21.8 Å². The van der Waals surface area contributed by atoms with Gasteiger partial charge in [-0.3, -0.25) is 0 Å². The first-order valence-corrected chi connectivity index (χ1v) is 10.1. The van der Waals surface area contributed by atoms with Crippen molar-refractivity contribution in [3.05, 3.63) is 72.8 Å². The number of hydrogen-bond acceptors (Lipinski definition) is 7. The van der Waals surface area contributed by atoms with Crippen molar-refractivity contribution in [1.82, 2.24) is 24.7 Å². The van der Waals surface area contributed by atoms with Gasteiger partial charge in [-0.15, -0.1) is 0 Å². The lowest BCUT2D eigenvalue weighted by Gasteiger charge is -2.03. The first kappa shape index (κ1) is 19.8. The van der Waals surface area contributed by atoms with Crippen molar-refractivity contribution < 1.29 is 26.1 Å². The summed E-state index contributed by atoms with van der Waals surface area (Å²) in [5, 5.41) is 3.29. The van der Waals surface area contributed by atoms with Gasteiger partial charge in [0, 0.05) is 23.6 Å². The zero-order chi connectivity index (χ0) is 21.4. The smallest absolute Gasteiger partial charge is 0.329 e. The minimum atomic E-state index is -4.71. The van der Waals surface area contributed by atoms with E-state index in [2.05, 4.69) is 24.6 Å². The van der Waals surface area contributed by atoms with Crippen molar-refractivity contribution in [2.75, 3.05) is 0 Å². The van der Waals surface area contributed by atoms with Crippen LogP contribution < -0.4 is 0 Å². The molecule has 0 N–H and O–H groups in total. The molecule has 0 amide bonds. The first-order valence-electron chi connectivity index (χ1n) is 8.41. The average molecular weight is 435 g/mol. The standard InChI is InChI=1S/C18H12F3N5O3S/c19-18(20,21)17-24-16(25-29-17)12-4-6-14(7-5-12)26-9-13(23-11-26)10-30(27,28)15-3-1-2-8-22-15/h1-9,11H,10H2. The second kappa shape index (κ2) is 7.37. The fourth-order valence-corrected chi connectivity index (χ4v) is 3.81. The summed E-state index contributed by atoms with van der Waals surface area (Å²) < 4.78 is 68.4. The van der Waals surface area contributed by atoms with Crippen molar-refractivity contribution >= 4 is 9.84 Å². The largest absolute Gasteiger partial charge is 0.471 e. The molecular weight excluding hydrogens is 423 g/mol.